The summed E-state index contributed by atoms with van der Waals surface area (Å²) in [6.07, 6.45) is 7.24. The fourth-order valence-corrected chi connectivity index (χ4v) is 4.23. The van der Waals surface area contributed by atoms with Gasteiger partial charge in [-0.3, -0.25) is 9.45 Å². The van der Waals surface area contributed by atoms with Crippen molar-refractivity contribution in [3.05, 3.63) is 35.2 Å². The van der Waals surface area contributed by atoms with Crippen LogP contribution in [0, 0.1) is 0 Å². The molecule has 0 unspecified atom stereocenters. The van der Waals surface area contributed by atoms with Crippen molar-refractivity contribution in [1.82, 2.24) is 4.90 Å². The highest BCUT2D eigenvalue weighted by Crippen LogP contribution is 2.38. The molecule has 0 bridgehead atoms. The normalized spacial score (nSPS) is 15.4. The van der Waals surface area contributed by atoms with Crippen LogP contribution in [0.5, 0.6) is 5.75 Å². The lowest BCUT2D eigenvalue weighted by Gasteiger charge is -2.25. The molecular formula is C21H28F3NO4S2. The molecule has 31 heavy (non-hydrogen) atoms. The summed E-state index contributed by atoms with van der Waals surface area (Å²) in [7, 11) is -5.84. The van der Waals surface area contributed by atoms with Gasteiger partial charge in [-0.2, -0.15) is 21.6 Å². The zero-order chi connectivity index (χ0) is 23.1. The van der Waals surface area contributed by atoms with Gasteiger partial charge in [-0.25, -0.2) is 0 Å². The first-order valence-corrected chi connectivity index (χ1v) is 12.4. The zero-order valence-electron chi connectivity index (χ0n) is 17.6. The Labute approximate surface area is 185 Å². The highest BCUT2D eigenvalue weighted by Gasteiger charge is 2.44. The standard InChI is InChI=1S/C20H27NOS.CHF3O3S/c1-3-5-11-21-12-9-16(10-13-21)19-15-17-7-6-8-18(20(17)23-19)22-14-4-2;2-1(3,4)8(5,6)7/h6-9,15H,3-5,10-14H2,1-2H3;(H,5,6,7). The lowest BCUT2D eigenvalue weighted by Crippen LogP contribution is -2.29. The van der Waals surface area contributed by atoms with Crippen molar-refractivity contribution in [3.8, 4) is 5.75 Å². The third kappa shape index (κ3) is 7.48. The fraction of sp³-hybridized carbons (Fsp3) is 0.524. The second kappa shape index (κ2) is 11.3. The number of unbranched alkanes of at least 4 members (excludes halogenated alkanes) is 1. The van der Waals surface area contributed by atoms with Gasteiger partial charge in [0, 0.05) is 18.0 Å². The molecule has 1 aromatic heterocycles. The highest BCUT2D eigenvalue weighted by atomic mass is 32.2. The third-order valence-electron chi connectivity index (χ3n) is 4.70. The summed E-state index contributed by atoms with van der Waals surface area (Å²) in [4.78, 5) is 3.98. The Morgan fingerprint density at radius 3 is 2.48 bits per heavy atom. The van der Waals surface area contributed by atoms with E-state index in [1.165, 1.54) is 52.9 Å². The van der Waals surface area contributed by atoms with Gasteiger partial charge in [0.2, 0.25) is 0 Å². The van der Waals surface area contributed by atoms with Crippen molar-refractivity contribution in [2.24, 2.45) is 0 Å². The van der Waals surface area contributed by atoms with Crippen molar-refractivity contribution < 1.29 is 30.9 Å². The topological polar surface area (TPSA) is 66.8 Å². The number of hydrogen-bond donors (Lipinski definition) is 1. The molecule has 0 saturated heterocycles. The molecule has 0 amide bonds. The second-order valence-corrected chi connectivity index (χ2v) is 9.65. The van der Waals surface area contributed by atoms with Crippen LogP contribution in [0.4, 0.5) is 13.2 Å². The number of fused-ring (bicyclic) bond motifs is 1. The van der Waals surface area contributed by atoms with Crippen molar-refractivity contribution in [1.29, 1.82) is 0 Å². The molecule has 2 heterocycles. The maximum absolute atomic E-state index is 10.7. The van der Waals surface area contributed by atoms with Crippen LogP contribution in [0.15, 0.2) is 30.3 Å². The molecule has 174 valence electrons. The predicted octanol–water partition coefficient (Wildman–Crippen LogP) is 5.97. The van der Waals surface area contributed by atoms with Gasteiger partial charge in [0.15, 0.2) is 0 Å². The lowest BCUT2D eigenvalue weighted by atomic mass is 10.1. The minimum Gasteiger partial charge on any atom is -0.492 e. The van der Waals surface area contributed by atoms with E-state index in [9.17, 15) is 13.2 Å². The number of halogens is 3. The van der Waals surface area contributed by atoms with Crippen molar-refractivity contribution in [2.75, 3.05) is 26.2 Å². The van der Waals surface area contributed by atoms with E-state index in [0.29, 0.717) is 0 Å². The number of alkyl halides is 3. The zero-order valence-corrected chi connectivity index (χ0v) is 19.2. The molecule has 1 aliphatic heterocycles. The van der Waals surface area contributed by atoms with E-state index >= 15 is 0 Å². The average molecular weight is 480 g/mol. The van der Waals surface area contributed by atoms with Crippen LogP contribution in [-0.4, -0.2) is 49.6 Å². The first kappa shape index (κ1) is 25.6. The van der Waals surface area contributed by atoms with E-state index in [-0.39, 0.29) is 0 Å². The molecule has 3 rings (SSSR count). The van der Waals surface area contributed by atoms with Gasteiger partial charge >= 0.3 is 15.6 Å². The SMILES string of the molecule is CCCCN1CC=C(c2cc3cccc(OCCC)c3s2)CC1.O=S(=O)(O)C(F)(F)F. The second-order valence-electron chi connectivity index (χ2n) is 7.19. The Bertz CT molecular complexity index is 984. The number of nitrogens with zero attached hydrogens (tertiary/aromatic N) is 1. The van der Waals surface area contributed by atoms with E-state index in [1.54, 1.807) is 0 Å². The fourth-order valence-electron chi connectivity index (χ4n) is 3.04. The summed E-state index contributed by atoms with van der Waals surface area (Å²) in [5.41, 5.74) is -4.02. The van der Waals surface area contributed by atoms with Crippen molar-refractivity contribution in [3.63, 3.8) is 0 Å². The first-order chi connectivity index (χ1) is 14.6. The maximum atomic E-state index is 10.7. The number of benzene rings is 1. The van der Waals surface area contributed by atoms with E-state index < -0.39 is 15.6 Å². The van der Waals surface area contributed by atoms with Crippen LogP contribution in [-0.2, 0) is 10.1 Å². The molecular weight excluding hydrogens is 451 g/mol. The Morgan fingerprint density at radius 1 is 1.23 bits per heavy atom. The molecule has 1 aliphatic rings. The molecule has 0 saturated carbocycles. The van der Waals surface area contributed by atoms with Gasteiger partial charge in [-0.15, -0.1) is 11.3 Å². The Hall–Kier alpha value is -1.62. The smallest absolute Gasteiger partial charge is 0.492 e. The van der Waals surface area contributed by atoms with Gasteiger partial charge in [0.05, 0.1) is 11.3 Å². The third-order valence-corrected chi connectivity index (χ3v) is 6.53. The highest BCUT2D eigenvalue weighted by molar-refractivity contribution is 7.86. The predicted molar refractivity (Wildman–Crippen MR) is 119 cm³/mol. The summed E-state index contributed by atoms with van der Waals surface area (Å²) >= 11 is 1.89. The van der Waals surface area contributed by atoms with Gasteiger partial charge in [0.1, 0.15) is 5.75 Å². The molecule has 2 aromatic rings. The van der Waals surface area contributed by atoms with E-state index in [2.05, 4.69) is 49.1 Å². The van der Waals surface area contributed by atoms with Crippen LogP contribution in [0.3, 0.4) is 0 Å². The molecule has 1 N–H and O–H groups in total. The summed E-state index contributed by atoms with van der Waals surface area (Å²) in [5.74, 6) is 1.04. The molecule has 0 aliphatic carbocycles. The molecule has 1 aromatic carbocycles. The molecule has 5 nitrogen and oxygen atoms in total. The first-order valence-electron chi connectivity index (χ1n) is 10.2. The molecule has 0 spiro atoms. The van der Waals surface area contributed by atoms with Gasteiger partial charge in [-0.1, -0.05) is 38.5 Å². The van der Waals surface area contributed by atoms with E-state index in [1.807, 2.05) is 11.3 Å². The van der Waals surface area contributed by atoms with Gasteiger partial charge in [0.25, 0.3) is 0 Å². The summed E-state index contributed by atoms with van der Waals surface area (Å²) in [6, 6.07) is 8.74. The summed E-state index contributed by atoms with van der Waals surface area (Å²) < 4.78 is 64.8. The quantitative estimate of drug-likeness (QED) is 0.391. The molecule has 0 radical (unpaired) electrons. The van der Waals surface area contributed by atoms with Gasteiger partial charge < -0.3 is 4.74 Å². The maximum Gasteiger partial charge on any atom is 0.522 e. The van der Waals surface area contributed by atoms with E-state index in [4.69, 9.17) is 17.7 Å². The largest absolute Gasteiger partial charge is 0.522 e. The number of hydrogen-bond acceptors (Lipinski definition) is 5. The minimum atomic E-state index is -5.84. The van der Waals surface area contributed by atoms with Crippen molar-refractivity contribution >= 4 is 37.1 Å². The van der Waals surface area contributed by atoms with Crippen LogP contribution in [0.1, 0.15) is 44.4 Å². The lowest BCUT2D eigenvalue weighted by molar-refractivity contribution is -0.0510. The number of thiophene rings is 1. The molecule has 0 atom stereocenters. The Balaban J connectivity index is 0.000000366. The Morgan fingerprint density at radius 2 is 1.94 bits per heavy atom. The monoisotopic (exact) mass is 479 g/mol. The number of ether oxygens (including phenoxy) is 1. The van der Waals surface area contributed by atoms with Crippen LogP contribution < -0.4 is 4.74 Å². The van der Waals surface area contributed by atoms with Crippen LogP contribution in [0.25, 0.3) is 15.7 Å². The minimum absolute atomic E-state index is 0.793. The Kier molecular flexibility index (Phi) is 9.35. The van der Waals surface area contributed by atoms with Crippen molar-refractivity contribution in [2.45, 2.75) is 45.0 Å². The summed E-state index contributed by atoms with van der Waals surface area (Å²) in [5, 5.41) is 1.31. The van der Waals surface area contributed by atoms with E-state index in [0.717, 1.165) is 25.3 Å². The molecule has 0 fully saturated rings. The number of rotatable bonds is 7. The van der Waals surface area contributed by atoms with Crippen LogP contribution in [0.2, 0.25) is 0 Å². The van der Waals surface area contributed by atoms with Gasteiger partial charge in [-0.05, 0) is 48.9 Å². The summed E-state index contributed by atoms with van der Waals surface area (Å²) in [6.45, 7) is 8.74. The van der Waals surface area contributed by atoms with Crippen LogP contribution >= 0.6 is 11.3 Å². The average Bonchev–Trinajstić information content (AvgIpc) is 3.15. The molecule has 10 heteroatoms.